The molecule has 0 unspecified atom stereocenters. The molecular weight excluding hydrogens is 438 g/mol. The zero-order valence-electron chi connectivity index (χ0n) is 20.2. The molecule has 0 spiro atoms. The Hall–Kier alpha value is -2.98. The van der Waals surface area contributed by atoms with Crippen LogP contribution in [0.2, 0.25) is 0 Å². The third-order valence-electron chi connectivity index (χ3n) is 6.02. The Labute approximate surface area is 200 Å². The van der Waals surface area contributed by atoms with Crippen LogP contribution in [0.5, 0.6) is 0 Å². The van der Waals surface area contributed by atoms with Gasteiger partial charge >= 0.3 is 6.09 Å². The fourth-order valence-electron chi connectivity index (χ4n) is 3.87. The van der Waals surface area contributed by atoms with E-state index in [1.807, 2.05) is 50.4 Å². The summed E-state index contributed by atoms with van der Waals surface area (Å²) in [7, 11) is 1.67. The van der Waals surface area contributed by atoms with E-state index in [1.54, 1.807) is 16.6 Å². The average Bonchev–Trinajstić information content (AvgIpc) is 3.30. The van der Waals surface area contributed by atoms with Crippen LogP contribution in [0.25, 0.3) is 0 Å². The van der Waals surface area contributed by atoms with Crippen molar-refractivity contribution in [3.05, 3.63) is 47.8 Å². The highest BCUT2D eigenvalue weighted by Crippen LogP contribution is 2.18. The Kier molecular flexibility index (Phi) is 9.41. The second-order valence-electron chi connectivity index (χ2n) is 8.90. The molecule has 1 aliphatic rings. The molecule has 2 bridgehead atoms. The molecule has 2 amide bonds. The topological polar surface area (TPSA) is 110 Å². The van der Waals surface area contributed by atoms with Gasteiger partial charge < -0.3 is 24.4 Å². The summed E-state index contributed by atoms with van der Waals surface area (Å²) < 4.78 is 13.3. The van der Waals surface area contributed by atoms with Crippen LogP contribution in [0.3, 0.4) is 0 Å². The Morgan fingerprint density at radius 1 is 1.35 bits per heavy atom. The van der Waals surface area contributed by atoms with Crippen LogP contribution in [0, 0.1) is 5.92 Å². The number of fused-ring (bicyclic) bond motifs is 2. The van der Waals surface area contributed by atoms with Gasteiger partial charge in [-0.1, -0.05) is 42.5 Å². The largest absolute Gasteiger partial charge is 0.445 e. The Balaban J connectivity index is 1.70. The number of benzene rings is 1. The Morgan fingerprint density at radius 2 is 2.12 bits per heavy atom. The van der Waals surface area contributed by atoms with E-state index in [1.165, 1.54) is 4.90 Å². The SMILES string of the molecule is C[C@@H]1CN([C@@H](C)CO)C(=O)CCCn2cc(nn2)CO[C@@H]1CN(C)C(=O)OCc1ccccc1. The van der Waals surface area contributed by atoms with Gasteiger partial charge in [-0.3, -0.25) is 9.48 Å². The number of hydrogen-bond donors (Lipinski definition) is 1. The van der Waals surface area contributed by atoms with Gasteiger partial charge in [-0.15, -0.1) is 5.10 Å². The lowest BCUT2D eigenvalue weighted by atomic mass is 10.0. The zero-order valence-corrected chi connectivity index (χ0v) is 20.2. The van der Waals surface area contributed by atoms with Gasteiger partial charge in [-0.25, -0.2) is 4.79 Å². The Morgan fingerprint density at radius 3 is 2.85 bits per heavy atom. The maximum absolute atomic E-state index is 12.9. The van der Waals surface area contributed by atoms with E-state index in [2.05, 4.69) is 10.3 Å². The van der Waals surface area contributed by atoms with E-state index in [9.17, 15) is 14.7 Å². The van der Waals surface area contributed by atoms with Crippen LogP contribution in [0.4, 0.5) is 4.79 Å². The van der Waals surface area contributed by atoms with Gasteiger partial charge in [0.2, 0.25) is 5.91 Å². The molecule has 1 N–H and O–H groups in total. The van der Waals surface area contributed by atoms with Crippen molar-refractivity contribution in [1.29, 1.82) is 0 Å². The van der Waals surface area contributed by atoms with Crippen molar-refractivity contribution in [1.82, 2.24) is 24.8 Å². The first-order valence-corrected chi connectivity index (χ1v) is 11.7. The number of aliphatic hydroxyl groups excluding tert-OH is 1. The zero-order chi connectivity index (χ0) is 24.5. The highest BCUT2D eigenvalue weighted by Gasteiger charge is 2.29. The fourth-order valence-corrected chi connectivity index (χ4v) is 3.87. The molecule has 1 aliphatic heterocycles. The van der Waals surface area contributed by atoms with Gasteiger partial charge in [-0.05, 0) is 18.9 Å². The molecule has 1 aromatic carbocycles. The molecule has 1 aromatic heterocycles. The standard InChI is InChI=1S/C24H35N5O5/c1-18-12-29(19(2)15-30)23(31)10-7-11-28-13-21(25-26-28)17-33-22(18)14-27(3)24(32)34-16-20-8-5-4-6-9-20/h4-6,8-9,13,18-19,22,30H,7,10-12,14-17H2,1-3H3/t18-,19+,22-/m1/s1. The van der Waals surface area contributed by atoms with E-state index in [0.29, 0.717) is 31.6 Å². The summed E-state index contributed by atoms with van der Waals surface area (Å²) in [5, 5.41) is 18.0. The maximum atomic E-state index is 12.9. The van der Waals surface area contributed by atoms with E-state index in [-0.39, 0.29) is 50.3 Å². The van der Waals surface area contributed by atoms with Crippen molar-refractivity contribution in [3.8, 4) is 0 Å². The number of hydrogen-bond acceptors (Lipinski definition) is 7. The number of aliphatic hydroxyl groups is 1. The third-order valence-corrected chi connectivity index (χ3v) is 6.02. The van der Waals surface area contributed by atoms with Crippen molar-refractivity contribution in [2.24, 2.45) is 5.92 Å². The summed E-state index contributed by atoms with van der Waals surface area (Å²) in [6.45, 7) is 5.37. The highest BCUT2D eigenvalue weighted by molar-refractivity contribution is 5.76. The lowest BCUT2D eigenvalue weighted by Crippen LogP contribution is -2.47. The lowest BCUT2D eigenvalue weighted by Gasteiger charge is -2.35. The van der Waals surface area contributed by atoms with Crippen molar-refractivity contribution >= 4 is 12.0 Å². The van der Waals surface area contributed by atoms with E-state index >= 15 is 0 Å². The van der Waals surface area contributed by atoms with Crippen LogP contribution < -0.4 is 0 Å². The highest BCUT2D eigenvalue weighted by atomic mass is 16.6. The molecule has 0 fully saturated rings. The van der Waals surface area contributed by atoms with Gasteiger partial charge in [0.05, 0.1) is 38.1 Å². The van der Waals surface area contributed by atoms with Gasteiger partial charge in [-0.2, -0.15) is 0 Å². The van der Waals surface area contributed by atoms with Gasteiger partial charge in [0.1, 0.15) is 12.3 Å². The van der Waals surface area contributed by atoms with Gasteiger partial charge in [0.15, 0.2) is 0 Å². The van der Waals surface area contributed by atoms with Crippen LogP contribution in [0.15, 0.2) is 36.5 Å². The van der Waals surface area contributed by atoms with Crippen LogP contribution in [0.1, 0.15) is 37.9 Å². The number of amides is 2. The molecule has 0 aliphatic carbocycles. The molecule has 0 radical (unpaired) electrons. The number of carbonyl (C=O) groups is 2. The molecule has 2 heterocycles. The first-order chi connectivity index (χ1) is 16.4. The van der Waals surface area contributed by atoms with Gasteiger partial charge in [0, 0.05) is 32.5 Å². The Bertz CT molecular complexity index is 921. The normalized spacial score (nSPS) is 20.6. The van der Waals surface area contributed by atoms with Crippen molar-refractivity contribution in [2.75, 3.05) is 26.7 Å². The van der Waals surface area contributed by atoms with Crippen molar-refractivity contribution in [3.63, 3.8) is 0 Å². The summed E-state index contributed by atoms with van der Waals surface area (Å²) >= 11 is 0. The summed E-state index contributed by atoms with van der Waals surface area (Å²) in [5.41, 5.74) is 1.60. The first kappa shape index (κ1) is 25.6. The molecule has 10 nitrogen and oxygen atoms in total. The second kappa shape index (κ2) is 12.5. The number of aromatic nitrogens is 3. The summed E-state index contributed by atoms with van der Waals surface area (Å²) in [4.78, 5) is 28.7. The minimum atomic E-state index is -0.454. The fraction of sp³-hybridized carbons (Fsp3) is 0.583. The molecule has 186 valence electrons. The minimum absolute atomic E-state index is 0.0256. The third kappa shape index (κ3) is 7.26. The number of likely N-dealkylation sites (N-methyl/N-ethyl adjacent to an activating group) is 1. The molecule has 10 heteroatoms. The first-order valence-electron chi connectivity index (χ1n) is 11.7. The summed E-state index contributed by atoms with van der Waals surface area (Å²) in [5.74, 6) is -0.138. The monoisotopic (exact) mass is 473 g/mol. The molecule has 2 aromatic rings. The molecule has 3 rings (SSSR count). The molecular formula is C24H35N5O5. The van der Waals surface area contributed by atoms with Crippen LogP contribution >= 0.6 is 0 Å². The maximum Gasteiger partial charge on any atom is 0.409 e. The summed E-state index contributed by atoms with van der Waals surface area (Å²) in [6, 6.07) is 9.18. The molecule has 0 saturated heterocycles. The quantitative estimate of drug-likeness (QED) is 0.684. The number of carbonyl (C=O) groups excluding carboxylic acids is 2. The number of nitrogens with zero attached hydrogens (tertiary/aromatic N) is 5. The van der Waals surface area contributed by atoms with Crippen LogP contribution in [-0.2, 0) is 34.0 Å². The van der Waals surface area contributed by atoms with Crippen LogP contribution in [-0.4, -0.2) is 80.8 Å². The minimum Gasteiger partial charge on any atom is -0.445 e. The average molecular weight is 474 g/mol. The molecule has 0 saturated carbocycles. The van der Waals surface area contributed by atoms with Crippen molar-refractivity contribution < 1.29 is 24.2 Å². The number of aryl methyl sites for hydroxylation is 1. The second-order valence-corrected chi connectivity index (χ2v) is 8.90. The van der Waals surface area contributed by atoms with E-state index in [4.69, 9.17) is 9.47 Å². The smallest absolute Gasteiger partial charge is 0.409 e. The van der Waals surface area contributed by atoms with Crippen molar-refractivity contribution in [2.45, 2.75) is 58.6 Å². The predicted octanol–water partition coefficient (Wildman–Crippen LogP) is 2.07. The van der Waals surface area contributed by atoms with E-state index < -0.39 is 6.09 Å². The number of ether oxygens (including phenoxy) is 2. The lowest BCUT2D eigenvalue weighted by molar-refractivity contribution is -0.136. The number of rotatable bonds is 6. The van der Waals surface area contributed by atoms with E-state index in [0.717, 1.165) is 5.56 Å². The molecule has 34 heavy (non-hydrogen) atoms. The van der Waals surface area contributed by atoms with Gasteiger partial charge in [0.25, 0.3) is 0 Å². The predicted molar refractivity (Wildman–Crippen MR) is 125 cm³/mol. The summed E-state index contributed by atoms with van der Waals surface area (Å²) in [6.07, 6.45) is 1.95. The molecule has 3 atom stereocenters.